The Morgan fingerprint density at radius 3 is 2.04 bits per heavy atom. The van der Waals surface area contributed by atoms with E-state index < -0.39 is 0 Å². The van der Waals surface area contributed by atoms with Crippen molar-refractivity contribution in [3.63, 3.8) is 0 Å². The average Bonchev–Trinajstić information content (AvgIpc) is 3.25. The number of allylic oxidation sites excluding steroid dienone is 4. The minimum absolute atomic E-state index is 0. The van der Waals surface area contributed by atoms with Gasteiger partial charge >= 0.3 is 26.2 Å². The molecule has 1 aromatic heterocycles. The maximum atomic E-state index is 3.36. The van der Waals surface area contributed by atoms with Gasteiger partial charge in [-0.05, 0) is 17.8 Å². The summed E-state index contributed by atoms with van der Waals surface area (Å²) in [6.07, 6.45) is 7.49. The van der Waals surface area contributed by atoms with E-state index in [0.29, 0.717) is 5.92 Å². The summed E-state index contributed by atoms with van der Waals surface area (Å²) in [7, 11) is 0. The van der Waals surface area contributed by atoms with Crippen LogP contribution in [0.5, 0.6) is 0 Å². The van der Waals surface area contributed by atoms with Crippen molar-refractivity contribution in [3.05, 3.63) is 83.7 Å². The zero-order valence-electron chi connectivity index (χ0n) is 15.6. The van der Waals surface area contributed by atoms with E-state index in [9.17, 15) is 0 Å². The number of fused-ring (bicyclic) bond motifs is 1. The number of hydrogen-bond donors (Lipinski definition) is 0. The van der Waals surface area contributed by atoms with Crippen LogP contribution < -0.4 is 9.41 Å². The fourth-order valence-corrected chi connectivity index (χ4v) is 2.95. The third-order valence-corrected chi connectivity index (χ3v) is 4.74. The number of aromatic nitrogens is 1. The van der Waals surface area contributed by atoms with E-state index in [4.69, 9.17) is 0 Å². The third kappa shape index (κ3) is 5.17. The monoisotopic (exact) mass is 429 g/mol. The van der Waals surface area contributed by atoms with E-state index >= 15 is 0 Å². The summed E-state index contributed by atoms with van der Waals surface area (Å²) in [4.78, 5) is 0. The van der Waals surface area contributed by atoms with Gasteiger partial charge in [-0.2, -0.15) is 11.1 Å². The van der Waals surface area contributed by atoms with Crippen LogP contribution in [0.2, 0.25) is 0 Å². The van der Waals surface area contributed by atoms with Gasteiger partial charge in [-0.25, -0.2) is 5.57 Å². The Bertz CT molecular complexity index is 840. The molecule has 1 heterocycles. The topological polar surface area (TPSA) is 4.93 Å². The van der Waals surface area contributed by atoms with Crippen molar-refractivity contribution in [2.45, 2.75) is 27.7 Å². The quantitative estimate of drug-likeness (QED) is 0.482. The van der Waals surface area contributed by atoms with E-state index in [1.807, 2.05) is 12.1 Å². The van der Waals surface area contributed by atoms with Crippen LogP contribution in [-0.4, -0.2) is 4.57 Å². The van der Waals surface area contributed by atoms with Gasteiger partial charge in [0.1, 0.15) is 0 Å². The molecular formula is C22H23F2NZr. The minimum Gasteiger partial charge on any atom is -1.00 e. The van der Waals surface area contributed by atoms with Gasteiger partial charge in [-0.1, -0.05) is 32.8 Å². The molecule has 134 valence electrons. The van der Waals surface area contributed by atoms with Crippen molar-refractivity contribution in [1.82, 2.24) is 4.57 Å². The average molecular weight is 431 g/mol. The van der Waals surface area contributed by atoms with E-state index in [-0.39, 0.29) is 35.6 Å². The molecule has 0 aliphatic heterocycles. The van der Waals surface area contributed by atoms with Gasteiger partial charge in [0.25, 0.3) is 0 Å². The van der Waals surface area contributed by atoms with Gasteiger partial charge in [-0.15, -0.1) is 48.0 Å². The molecule has 4 heteroatoms. The molecule has 2 aromatic carbocycles. The van der Waals surface area contributed by atoms with Gasteiger partial charge < -0.3 is 14.0 Å². The summed E-state index contributed by atoms with van der Waals surface area (Å²) in [5, 5.41) is 2.60. The zero-order chi connectivity index (χ0) is 16.4. The van der Waals surface area contributed by atoms with Crippen molar-refractivity contribution in [1.29, 1.82) is 0 Å². The van der Waals surface area contributed by atoms with Crippen LogP contribution in [0.1, 0.15) is 27.7 Å². The van der Waals surface area contributed by atoms with Crippen LogP contribution in [-0.2, 0) is 26.2 Å². The van der Waals surface area contributed by atoms with E-state index in [1.165, 1.54) is 33.2 Å². The van der Waals surface area contributed by atoms with Crippen molar-refractivity contribution >= 4 is 10.8 Å². The molecule has 0 saturated heterocycles. The fraction of sp³-hybridized carbons (Fsp3) is 0.227. The van der Waals surface area contributed by atoms with E-state index in [1.54, 1.807) is 0 Å². The first-order valence-electron chi connectivity index (χ1n) is 8.13. The first kappa shape index (κ1) is 24.3. The molecule has 3 aromatic rings. The molecule has 4 rings (SSSR count). The molecule has 1 aliphatic rings. The number of hydrogen-bond acceptors (Lipinski definition) is 0. The van der Waals surface area contributed by atoms with Crippen LogP contribution >= 0.6 is 0 Å². The largest absolute Gasteiger partial charge is 4.00 e. The van der Waals surface area contributed by atoms with Crippen molar-refractivity contribution in [2.24, 2.45) is 5.92 Å². The summed E-state index contributed by atoms with van der Waals surface area (Å²) >= 11 is 0. The second kappa shape index (κ2) is 10.5. The summed E-state index contributed by atoms with van der Waals surface area (Å²) < 4.78 is 2.12. The SMILES string of the molecule is CC1=[C-]C(C)C(C)=C1C.[F-].[F-].[Zr+4].c1ccc2[cH-]c(-n3cccc3)cc2c1. The third-order valence-electron chi connectivity index (χ3n) is 4.74. The Morgan fingerprint density at radius 1 is 0.962 bits per heavy atom. The molecule has 1 unspecified atom stereocenters. The molecule has 0 N–H and O–H groups in total. The first-order valence-corrected chi connectivity index (χ1v) is 8.13. The standard InChI is InChI=1S/C13H10N.C9H13.2FH.Zr/c1-2-6-12-10-13(9-11(12)5-1)14-7-3-4-8-14;1-6-5-7(2)9(4)8(6)3;;;/h1-10H;6H,1-4H3;2*1H;/q2*-1;;;+4/p-2. The number of nitrogens with zero attached hydrogens (tertiary/aromatic N) is 1. The minimum atomic E-state index is 0. The normalized spacial score (nSPS) is 15.2. The maximum Gasteiger partial charge on any atom is 4.00 e. The molecule has 0 bridgehead atoms. The second-order valence-corrected chi connectivity index (χ2v) is 6.23. The van der Waals surface area contributed by atoms with E-state index in [0.717, 1.165) is 0 Å². The van der Waals surface area contributed by atoms with Gasteiger partial charge in [0, 0.05) is 12.4 Å². The van der Waals surface area contributed by atoms with Crippen LogP contribution in [0.4, 0.5) is 0 Å². The molecule has 0 saturated carbocycles. The maximum absolute atomic E-state index is 3.36. The molecule has 1 nitrogen and oxygen atoms in total. The number of rotatable bonds is 1. The zero-order valence-corrected chi connectivity index (χ0v) is 18.0. The molecule has 0 fully saturated rings. The van der Waals surface area contributed by atoms with Gasteiger partial charge in [0.05, 0.1) is 0 Å². The molecule has 0 amide bonds. The summed E-state index contributed by atoms with van der Waals surface area (Å²) in [6.45, 7) is 8.67. The van der Waals surface area contributed by atoms with Gasteiger partial charge in [0.15, 0.2) is 0 Å². The molecule has 1 aliphatic carbocycles. The predicted molar refractivity (Wildman–Crippen MR) is 98.8 cm³/mol. The van der Waals surface area contributed by atoms with Crippen molar-refractivity contribution < 1.29 is 35.6 Å². The second-order valence-electron chi connectivity index (χ2n) is 6.23. The summed E-state index contributed by atoms with van der Waals surface area (Å²) in [5.74, 6) is 0.560. The Labute approximate surface area is 173 Å². The fourth-order valence-electron chi connectivity index (χ4n) is 2.95. The Hall–Kier alpha value is -1.67. The smallest absolute Gasteiger partial charge is 1.00 e. The van der Waals surface area contributed by atoms with Crippen molar-refractivity contribution in [3.8, 4) is 5.69 Å². The summed E-state index contributed by atoms with van der Waals surface area (Å²) in [5.41, 5.74) is 5.48. The van der Waals surface area contributed by atoms with Gasteiger partial charge in [-0.3, -0.25) is 6.08 Å². The Kier molecular flexibility index (Phi) is 9.80. The molecule has 26 heavy (non-hydrogen) atoms. The first-order chi connectivity index (χ1) is 11.1. The molecule has 0 spiro atoms. The summed E-state index contributed by atoms with van der Waals surface area (Å²) in [6, 6.07) is 16.9. The molecule has 1 atom stereocenters. The number of benzene rings is 1. The predicted octanol–water partition coefficient (Wildman–Crippen LogP) is 0.0769. The van der Waals surface area contributed by atoms with Crippen LogP contribution in [0.15, 0.2) is 77.6 Å². The van der Waals surface area contributed by atoms with E-state index in [2.05, 4.69) is 87.1 Å². The Morgan fingerprint density at radius 2 is 1.58 bits per heavy atom. The Balaban J connectivity index is 0.000000466. The number of halogens is 2. The van der Waals surface area contributed by atoms with Crippen LogP contribution in [0.3, 0.4) is 0 Å². The van der Waals surface area contributed by atoms with Gasteiger partial charge in [0.2, 0.25) is 0 Å². The van der Waals surface area contributed by atoms with Crippen molar-refractivity contribution in [2.75, 3.05) is 0 Å². The molecular weight excluding hydrogens is 407 g/mol. The molecule has 0 radical (unpaired) electrons. The van der Waals surface area contributed by atoms with Crippen LogP contribution in [0, 0.1) is 12.0 Å². The van der Waals surface area contributed by atoms with Crippen LogP contribution in [0.25, 0.3) is 16.5 Å².